The molecule has 0 fully saturated rings. The maximum Gasteiger partial charge on any atom is 0.0659 e. The van der Waals surface area contributed by atoms with Crippen LogP contribution in [0.1, 0.15) is 18.9 Å². The number of hydrogen-bond acceptors (Lipinski definition) is 1. The zero-order chi connectivity index (χ0) is 9.68. The van der Waals surface area contributed by atoms with Crippen LogP contribution < -0.4 is 0 Å². The van der Waals surface area contributed by atoms with Gasteiger partial charge < -0.3 is 0 Å². The van der Waals surface area contributed by atoms with Crippen LogP contribution in [0.4, 0.5) is 0 Å². The molecule has 1 unspecified atom stereocenters. The van der Waals surface area contributed by atoms with Gasteiger partial charge in [-0.15, -0.1) is 0 Å². The van der Waals surface area contributed by atoms with E-state index >= 15 is 0 Å². The number of benzene rings is 1. The minimum absolute atomic E-state index is 0.126. The molecule has 1 nitrogen and oxygen atoms in total. The predicted molar refractivity (Wildman–Crippen MR) is 54.6 cm³/mol. The second-order valence-corrected chi connectivity index (χ2v) is 3.50. The summed E-state index contributed by atoms with van der Waals surface area (Å²) in [7, 11) is 0. The lowest BCUT2D eigenvalue weighted by Gasteiger charge is -2.05. The average Bonchev–Trinajstić information content (AvgIpc) is 2.17. The Hall–Kier alpha value is -1.00. The van der Waals surface area contributed by atoms with Gasteiger partial charge in [0.15, 0.2) is 0 Å². The van der Waals surface area contributed by atoms with Gasteiger partial charge in [-0.2, -0.15) is 5.26 Å². The fraction of sp³-hybridized carbons (Fsp3) is 0.364. The topological polar surface area (TPSA) is 23.8 Å². The third kappa shape index (κ3) is 3.08. The highest BCUT2D eigenvalue weighted by Crippen LogP contribution is 2.14. The Morgan fingerprint density at radius 2 is 2.00 bits per heavy atom. The molecule has 68 valence electrons. The van der Waals surface area contributed by atoms with Crippen molar-refractivity contribution in [3.63, 3.8) is 0 Å². The molecule has 1 rings (SSSR count). The molecule has 1 aromatic rings. The number of nitriles is 1. The highest BCUT2D eigenvalue weighted by atomic mass is 35.5. The van der Waals surface area contributed by atoms with Gasteiger partial charge >= 0.3 is 0 Å². The van der Waals surface area contributed by atoms with Crippen molar-refractivity contribution in [3.05, 3.63) is 34.9 Å². The molecule has 0 N–H and O–H groups in total. The van der Waals surface area contributed by atoms with Crippen LogP contribution in [0.5, 0.6) is 0 Å². The average molecular weight is 194 g/mol. The van der Waals surface area contributed by atoms with Crippen molar-refractivity contribution in [2.75, 3.05) is 0 Å². The van der Waals surface area contributed by atoms with Gasteiger partial charge in [-0.25, -0.2) is 0 Å². The van der Waals surface area contributed by atoms with Crippen LogP contribution >= 0.6 is 11.6 Å². The number of nitrogens with zero attached hydrogens (tertiary/aromatic N) is 1. The first-order valence-electron chi connectivity index (χ1n) is 4.40. The van der Waals surface area contributed by atoms with E-state index < -0.39 is 0 Å². The second-order valence-electron chi connectivity index (χ2n) is 3.06. The van der Waals surface area contributed by atoms with E-state index in [2.05, 4.69) is 6.07 Å². The molecule has 0 bridgehead atoms. The van der Waals surface area contributed by atoms with Crippen molar-refractivity contribution in [1.82, 2.24) is 0 Å². The van der Waals surface area contributed by atoms with E-state index in [1.165, 1.54) is 5.56 Å². The minimum Gasteiger partial charge on any atom is -0.198 e. The minimum atomic E-state index is 0.126. The zero-order valence-electron chi connectivity index (χ0n) is 7.63. The standard InChI is InChI=1S/C11H12ClN/c1-2-9(8-13)7-10-3-5-11(12)6-4-10/h3-6,9H,2,7H2,1H3. The second kappa shape index (κ2) is 4.89. The smallest absolute Gasteiger partial charge is 0.0659 e. The Balaban J connectivity index is 2.64. The maximum atomic E-state index is 8.77. The lowest BCUT2D eigenvalue weighted by atomic mass is 9.99. The van der Waals surface area contributed by atoms with Gasteiger partial charge in [-0.05, 0) is 30.5 Å². The van der Waals surface area contributed by atoms with Crippen molar-refractivity contribution >= 4 is 11.6 Å². The first-order chi connectivity index (χ1) is 6.26. The van der Waals surface area contributed by atoms with Crippen molar-refractivity contribution in [2.24, 2.45) is 5.92 Å². The molecule has 0 aromatic heterocycles. The molecule has 0 aliphatic heterocycles. The monoisotopic (exact) mass is 193 g/mol. The first kappa shape index (κ1) is 10.1. The van der Waals surface area contributed by atoms with Crippen LogP contribution in [-0.2, 0) is 6.42 Å². The summed E-state index contributed by atoms with van der Waals surface area (Å²) in [5.74, 6) is 0.126. The van der Waals surface area contributed by atoms with Crippen molar-refractivity contribution in [1.29, 1.82) is 5.26 Å². The Kier molecular flexibility index (Phi) is 3.79. The quantitative estimate of drug-likeness (QED) is 0.722. The van der Waals surface area contributed by atoms with E-state index in [1.54, 1.807) is 0 Å². The molecule has 13 heavy (non-hydrogen) atoms. The van der Waals surface area contributed by atoms with E-state index in [0.717, 1.165) is 17.9 Å². The highest BCUT2D eigenvalue weighted by Gasteiger charge is 2.04. The first-order valence-corrected chi connectivity index (χ1v) is 4.78. The van der Waals surface area contributed by atoms with Crippen LogP contribution in [0.25, 0.3) is 0 Å². The molecule has 0 saturated carbocycles. The summed E-state index contributed by atoms with van der Waals surface area (Å²) in [5, 5.41) is 9.51. The number of rotatable bonds is 3. The predicted octanol–water partition coefficient (Wildman–Crippen LogP) is 3.43. The lowest BCUT2D eigenvalue weighted by molar-refractivity contribution is 0.638. The van der Waals surface area contributed by atoms with Crippen LogP contribution in [0.15, 0.2) is 24.3 Å². The summed E-state index contributed by atoms with van der Waals surface area (Å²) in [6, 6.07) is 9.96. The Bertz CT molecular complexity index is 297. The van der Waals surface area contributed by atoms with Crippen LogP contribution in [0, 0.1) is 17.2 Å². The maximum absolute atomic E-state index is 8.77. The molecule has 0 heterocycles. The molecule has 0 amide bonds. The van der Waals surface area contributed by atoms with Gasteiger partial charge in [-0.1, -0.05) is 30.7 Å². The van der Waals surface area contributed by atoms with Crippen LogP contribution in [-0.4, -0.2) is 0 Å². The molecule has 0 radical (unpaired) electrons. The van der Waals surface area contributed by atoms with Crippen molar-refractivity contribution < 1.29 is 0 Å². The third-order valence-electron chi connectivity index (χ3n) is 2.07. The van der Waals surface area contributed by atoms with E-state index in [4.69, 9.17) is 16.9 Å². The molecule has 1 atom stereocenters. The molecule has 2 heteroatoms. The normalized spacial score (nSPS) is 12.1. The number of hydrogen-bond donors (Lipinski definition) is 0. The molecular weight excluding hydrogens is 182 g/mol. The molecule has 0 aliphatic rings. The van der Waals surface area contributed by atoms with Crippen LogP contribution in [0.2, 0.25) is 5.02 Å². The highest BCUT2D eigenvalue weighted by molar-refractivity contribution is 6.30. The van der Waals surface area contributed by atoms with Gasteiger partial charge in [0.25, 0.3) is 0 Å². The van der Waals surface area contributed by atoms with Gasteiger partial charge in [0.2, 0.25) is 0 Å². The Morgan fingerprint density at radius 1 is 1.38 bits per heavy atom. The summed E-state index contributed by atoms with van der Waals surface area (Å²) in [5.41, 5.74) is 1.18. The summed E-state index contributed by atoms with van der Waals surface area (Å²) < 4.78 is 0. The Labute approximate surface area is 84.0 Å². The zero-order valence-corrected chi connectivity index (χ0v) is 8.38. The third-order valence-corrected chi connectivity index (χ3v) is 2.32. The van der Waals surface area contributed by atoms with Gasteiger partial charge in [-0.3, -0.25) is 0 Å². The van der Waals surface area contributed by atoms with E-state index in [1.807, 2.05) is 31.2 Å². The summed E-state index contributed by atoms with van der Waals surface area (Å²) in [4.78, 5) is 0. The molecule has 0 saturated heterocycles. The molecular formula is C11H12ClN. The summed E-state index contributed by atoms with van der Waals surface area (Å²) >= 11 is 5.75. The summed E-state index contributed by atoms with van der Waals surface area (Å²) in [6.07, 6.45) is 1.73. The van der Waals surface area contributed by atoms with Gasteiger partial charge in [0.05, 0.1) is 12.0 Å². The van der Waals surface area contributed by atoms with Crippen LogP contribution in [0.3, 0.4) is 0 Å². The fourth-order valence-corrected chi connectivity index (χ4v) is 1.31. The lowest BCUT2D eigenvalue weighted by Crippen LogP contribution is -1.99. The Morgan fingerprint density at radius 3 is 2.46 bits per heavy atom. The summed E-state index contributed by atoms with van der Waals surface area (Å²) in [6.45, 7) is 2.03. The van der Waals surface area contributed by atoms with Crippen molar-refractivity contribution in [3.8, 4) is 6.07 Å². The van der Waals surface area contributed by atoms with E-state index in [0.29, 0.717) is 0 Å². The fourth-order valence-electron chi connectivity index (χ4n) is 1.19. The van der Waals surface area contributed by atoms with E-state index in [9.17, 15) is 0 Å². The van der Waals surface area contributed by atoms with Gasteiger partial charge in [0, 0.05) is 5.02 Å². The van der Waals surface area contributed by atoms with E-state index in [-0.39, 0.29) is 5.92 Å². The largest absolute Gasteiger partial charge is 0.198 e. The van der Waals surface area contributed by atoms with Gasteiger partial charge in [0.1, 0.15) is 0 Å². The molecule has 1 aromatic carbocycles. The SMILES string of the molecule is CCC(C#N)Cc1ccc(Cl)cc1. The molecule has 0 spiro atoms. The number of halogens is 1. The molecule has 0 aliphatic carbocycles. The van der Waals surface area contributed by atoms with Crippen molar-refractivity contribution in [2.45, 2.75) is 19.8 Å².